The average Bonchev–Trinajstić information content (AvgIpc) is 2.88. The molecule has 0 N–H and O–H groups in total. The summed E-state index contributed by atoms with van der Waals surface area (Å²) in [5.41, 5.74) is 0.142. The first-order chi connectivity index (χ1) is 10.5. The van der Waals surface area contributed by atoms with Crippen molar-refractivity contribution in [3.63, 3.8) is 0 Å². The highest BCUT2D eigenvalue weighted by Gasteiger charge is 2.33. The van der Waals surface area contributed by atoms with E-state index in [9.17, 15) is 13.6 Å². The number of rotatable bonds is 3. The largest absolute Gasteiger partial charge is 0.333 e. The second-order valence-electron chi connectivity index (χ2n) is 5.37. The van der Waals surface area contributed by atoms with Crippen LogP contribution in [0.1, 0.15) is 32.1 Å². The first-order valence-electron chi connectivity index (χ1n) is 7.21. The van der Waals surface area contributed by atoms with Crippen LogP contribution in [0.2, 0.25) is 0 Å². The summed E-state index contributed by atoms with van der Waals surface area (Å²) < 4.78 is 28.7. The number of fused-ring (bicyclic) bond motifs is 1. The van der Waals surface area contributed by atoms with E-state index in [1.54, 1.807) is 16.4 Å². The van der Waals surface area contributed by atoms with Crippen LogP contribution in [0.4, 0.5) is 8.78 Å². The average molecular weight is 306 g/mol. The smallest absolute Gasteiger partial charge is 0.245 e. The Kier molecular flexibility index (Phi) is 3.64. The maximum Gasteiger partial charge on any atom is 0.245 e. The molecule has 7 heteroatoms. The maximum atomic E-state index is 14.0. The number of aromatic nitrogens is 3. The molecule has 0 saturated heterocycles. The number of hydrogen-bond donors (Lipinski definition) is 0. The molecule has 3 rings (SSSR count). The van der Waals surface area contributed by atoms with Crippen LogP contribution in [0, 0.1) is 11.6 Å². The van der Waals surface area contributed by atoms with Gasteiger partial charge in [-0.15, -0.1) is 10.2 Å². The predicted octanol–water partition coefficient (Wildman–Crippen LogP) is 2.54. The van der Waals surface area contributed by atoms with E-state index in [0.29, 0.717) is 18.9 Å². The molecule has 0 radical (unpaired) electrons. The Morgan fingerprint density at radius 1 is 1.32 bits per heavy atom. The molecule has 5 nitrogen and oxygen atoms in total. The van der Waals surface area contributed by atoms with Crippen LogP contribution in [0.3, 0.4) is 0 Å². The standard InChI is InChI=1S/C15H16F2N4O/c1-3-6-20-8-13-18-19-14(21(13)9(2)15(20)22)11-5-4-10(16)7-12(11)17/h4-5,7,9H,3,6,8H2,1-2H3/t9-/m0/s1. The number of amides is 1. The van der Waals surface area contributed by atoms with E-state index in [2.05, 4.69) is 10.2 Å². The first kappa shape index (κ1) is 14.6. The van der Waals surface area contributed by atoms with Gasteiger partial charge in [-0.05, 0) is 25.5 Å². The van der Waals surface area contributed by atoms with E-state index in [0.717, 1.165) is 12.5 Å². The molecule has 1 aromatic heterocycles. The lowest BCUT2D eigenvalue weighted by Crippen LogP contribution is -2.42. The van der Waals surface area contributed by atoms with Gasteiger partial charge < -0.3 is 4.90 Å². The van der Waals surface area contributed by atoms with Gasteiger partial charge in [-0.2, -0.15) is 0 Å². The van der Waals surface area contributed by atoms with Gasteiger partial charge in [-0.3, -0.25) is 9.36 Å². The number of carbonyl (C=O) groups excluding carboxylic acids is 1. The summed E-state index contributed by atoms with van der Waals surface area (Å²) in [6, 6.07) is 2.77. The van der Waals surface area contributed by atoms with Gasteiger partial charge in [0.15, 0.2) is 11.6 Å². The van der Waals surface area contributed by atoms with Gasteiger partial charge in [0.05, 0.1) is 12.1 Å². The van der Waals surface area contributed by atoms with Gasteiger partial charge in [0.25, 0.3) is 0 Å². The minimum Gasteiger partial charge on any atom is -0.333 e. The van der Waals surface area contributed by atoms with Crippen LogP contribution in [0.5, 0.6) is 0 Å². The Morgan fingerprint density at radius 3 is 2.77 bits per heavy atom. The second kappa shape index (κ2) is 5.47. The third-order valence-corrected chi connectivity index (χ3v) is 3.82. The van der Waals surface area contributed by atoms with Gasteiger partial charge >= 0.3 is 0 Å². The van der Waals surface area contributed by atoms with Gasteiger partial charge in [-0.1, -0.05) is 6.92 Å². The third-order valence-electron chi connectivity index (χ3n) is 3.82. The molecule has 0 fully saturated rings. The highest BCUT2D eigenvalue weighted by molar-refractivity contribution is 5.82. The normalized spacial score (nSPS) is 17.7. The van der Waals surface area contributed by atoms with Crippen molar-refractivity contribution in [2.75, 3.05) is 6.54 Å². The monoisotopic (exact) mass is 306 g/mol. The summed E-state index contributed by atoms with van der Waals surface area (Å²) in [7, 11) is 0. The van der Waals surface area contributed by atoms with Crippen molar-refractivity contribution in [3.05, 3.63) is 35.7 Å². The van der Waals surface area contributed by atoms with Crippen molar-refractivity contribution < 1.29 is 13.6 Å². The van der Waals surface area contributed by atoms with E-state index in [1.807, 2.05) is 6.92 Å². The van der Waals surface area contributed by atoms with Crippen LogP contribution in [0.25, 0.3) is 11.4 Å². The van der Waals surface area contributed by atoms with E-state index < -0.39 is 17.7 Å². The fourth-order valence-corrected chi connectivity index (χ4v) is 2.78. The fourth-order valence-electron chi connectivity index (χ4n) is 2.78. The first-order valence-corrected chi connectivity index (χ1v) is 7.21. The van der Waals surface area contributed by atoms with E-state index in [1.165, 1.54) is 12.1 Å². The minimum atomic E-state index is -0.717. The van der Waals surface area contributed by atoms with Crippen LogP contribution in [0.15, 0.2) is 18.2 Å². The van der Waals surface area contributed by atoms with Crippen molar-refractivity contribution >= 4 is 5.91 Å². The lowest BCUT2D eigenvalue weighted by molar-refractivity contribution is -0.136. The van der Waals surface area contributed by atoms with Crippen molar-refractivity contribution in [3.8, 4) is 11.4 Å². The van der Waals surface area contributed by atoms with Crippen LogP contribution in [-0.4, -0.2) is 32.1 Å². The van der Waals surface area contributed by atoms with Gasteiger partial charge in [0, 0.05) is 12.6 Å². The Morgan fingerprint density at radius 2 is 2.09 bits per heavy atom. The Hall–Kier alpha value is -2.31. The molecule has 116 valence electrons. The zero-order valence-electron chi connectivity index (χ0n) is 12.4. The fraction of sp³-hybridized carbons (Fsp3) is 0.400. The zero-order valence-corrected chi connectivity index (χ0v) is 12.4. The molecular formula is C15H16F2N4O. The van der Waals surface area contributed by atoms with Gasteiger partial charge in [0.2, 0.25) is 5.91 Å². The number of hydrogen-bond acceptors (Lipinski definition) is 3. The number of halogens is 2. The van der Waals surface area contributed by atoms with Crippen LogP contribution >= 0.6 is 0 Å². The molecule has 2 aromatic rings. The highest BCUT2D eigenvalue weighted by Crippen LogP contribution is 2.29. The van der Waals surface area contributed by atoms with E-state index >= 15 is 0 Å². The summed E-state index contributed by atoms with van der Waals surface area (Å²) in [6.45, 7) is 4.74. The molecule has 0 aliphatic carbocycles. The molecule has 1 aromatic carbocycles. The third kappa shape index (κ3) is 2.26. The molecule has 1 aliphatic heterocycles. The molecule has 1 aliphatic rings. The van der Waals surface area contributed by atoms with Crippen LogP contribution < -0.4 is 0 Å². The quantitative estimate of drug-likeness (QED) is 0.875. The Balaban J connectivity index is 2.06. The number of nitrogens with zero attached hydrogens (tertiary/aromatic N) is 4. The molecule has 0 spiro atoms. The lowest BCUT2D eigenvalue weighted by Gasteiger charge is -2.31. The molecule has 0 unspecified atom stereocenters. The topological polar surface area (TPSA) is 51.0 Å². The molecule has 2 heterocycles. The van der Waals surface area contributed by atoms with Crippen LogP contribution in [-0.2, 0) is 11.3 Å². The Bertz CT molecular complexity index is 728. The number of benzene rings is 1. The molecular weight excluding hydrogens is 290 g/mol. The highest BCUT2D eigenvalue weighted by atomic mass is 19.1. The Labute approximate surface area is 126 Å². The van der Waals surface area contributed by atoms with Crippen molar-refractivity contribution in [1.82, 2.24) is 19.7 Å². The lowest BCUT2D eigenvalue weighted by atomic mass is 10.1. The minimum absolute atomic E-state index is 0.0436. The molecule has 1 atom stereocenters. The molecule has 0 saturated carbocycles. The van der Waals surface area contributed by atoms with Gasteiger partial charge in [0.1, 0.15) is 17.7 Å². The second-order valence-corrected chi connectivity index (χ2v) is 5.37. The predicted molar refractivity (Wildman–Crippen MR) is 75.8 cm³/mol. The molecule has 22 heavy (non-hydrogen) atoms. The van der Waals surface area contributed by atoms with Crippen molar-refractivity contribution in [2.24, 2.45) is 0 Å². The molecule has 1 amide bonds. The summed E-state index contributed by atoms with van der Waals surface area (Å²) in [5, 5.41) is 8.08. The summed E-state index contributed by atoms with van der Waals surface area (Å²) in [5.74, 6) is -0.551. The summed E-state index contributed by atoms with van der Waals surface area (Å²) in [6.07, 6.45) is 0.853. The van der Waals surface area contributed by atoms with Gasteiger partial charge in [-0.25, -0.2) is 8.78 Å². The van der Waals surface area contributed by atoms with E-state index in [4.69, 9.17) is 0 Å². The van der Waals surface area contributed by atoms with Crippen molar-refractivity contribution in [2.45, 2.75) is 32.9 Å². The van der Waals surface area contributed by atoms with E-state index in [-0.39, 0.29) is 17.3 Å². The number of carbonyl (C=O) groups is 1. The molecule has 0 bridgehead atoms. The maximum absolute atomic E-state index is 14.0. The zero-order chi connectivity index (χ0) is 15.9. The summed E-state index contributed by atoms with van der Waals surface area (Å²) in [4.78, 5) is 14.1. The SMILES string of the molecule is CCCN1Cc2nnc(-c3ccc(F)cc3F)n2[C@@H](C)C1=O. The van der Waals surface area contributed by atoms with Crippen molar-refractivity contribution in [1.29, 1.82) is 0 Å². The summed E-state index contributed by atoms with van der Waals surface area (Å²) >= 11 is 0.